The summed E-state index contributed by atoms with van der Waals surface area (Å²) in [6, 6.07) is 24.8. The third-order valence-electron chi connectivity index (χ3n) is 5.73. The summed E-state index contributed by atoms with van der Waals surface area (Å²) in [5, 5.41) is 3.15. The fraction of sp³-hybridized carbons (Fsp3) is 0.148. The van der Waals surface area contributed by atoms with Crippen molar-refractivity contribution in [3.63, 3.8) is 0 Å². The summed E-state index contributed by atoms with van der Waals surface area (Å²) in [5.41, 5.74) is 3.49. The van der Waals surface area contributed by atoms with Gasteiger partial charge >= 0.3 is 0 Å². The molecule has 2 heterocycles. The van der Waals surface area contributed by atoms with Gasteiger partial charge in [0, 0.05) is 25.0 Å². The Morgan fingerprint density at radius 2 is 1.79 bits per heavy atom. The Morgan fingerprint density at radius 3 is 2.53 bits per heavy atom. The lowest BCUT2D eigenvalue weighted by Gasteiger charge is -2.17. The van der Waals surface area contributed by atoms with Crippen molar-refractivity contribution >= 4 is 16.9 Å². The molecule has 7 nitrogen and oxygen atoms in total. The maximum absolute atomic E-state index is 13.1. The van der Waals surface area contributed by atoms with Crippen LogP contribution in [0.3, 0.4) is 0 Å². The first-order chi connectivity index (χ1) is 16.7. The summed E-state index contributed by atoms with van der Waals surface area (Å²) in [6.45, 7) is 0.361. The normalized spacial score (nSPS) is 11.9. The van der Waals surface area contributed by atoms with Gasteiger partial charge in [-0.25, -0.2) is 9.97 Å². The van der Waals surface area contributed by atoms with Crippen molar-refractivity contribution in [2.45, 2.75) is 19.1 Å². The minimum atomic E-state index is -0.304. The topological polar surface area (TPSA) is 84.8 Å². The van der Waals surface area contributed by atoms with E-state index in [-0.39, 0.29) is 11.9 Å². The number of benzene rings is 3. The van der Waals surface area contributed by atoms with Crippen LogP contribution in [0.25, 0.3) is 11.0 Å². The Labute approximate surface area is 197 Å². The van der Waals surface area contributed by atoms with E-state index in [9.17, 15) is 4.79 Å². The average molecular weight is 452 g/mol. The maximum atomic E-state index is 13.1. The molecule has 0 saturated heterocycles. The van der Waals surface area contributed by atoms with Crippen LogP contribution in [0.15, 0.2) is 91.3 Å². The number of nitrogens with zero attached hydrogens (tertiary/aromatic N) is 3. The number of carbonyl (C=O) groups excluding carboxylic acids is 1. The van der Waals surface area contributed by atoms with Gasteiger partial charge in [-0.15, -0.1) is 0 Å². The largest absolute Gasteiger partial charge is 0.486 e. The van der Waals surface area contributed by atoms with E-state index in [1.165, 1.54) is 0 Å². The highest BCUT2D eigenvalue weighted by Crippen LogP contribution is 2.21. The average Bonchev–Trinajstić information content (AvgIpc) is 3.49. The van der Waals surface area contributed by atoms with Gasteiger partial charge in [-0.2, -0.15) is 0 Å². The van der Waals surface area contributed by atoms with Crippen molar-refractivity contribution in [1.29, 1.82) is 0 Å². The molecule has 5 aromatic rings. The van der Waals surface area contributed by atoms with E-state index >= 15 is 0 Å². The van der Waals surface area contributed by atoms with Crippen molar-refractivity contribution in [2.24, 2.45) is 7.05 Å². The molecule has 0 saturated carbocycles. The predicted molar refractivity (Wildman–Crippen MR) is 130 cm³/mol. The third kappa shape index (κ3) is 4.83. The van der Waals surface area contributed by atoms with Crippen molar-refractivity contribution < 1.29 is 9.53 Å². The van der Waals surface area contributed by atoms with Crippen LogP contribution in [-0.4, -0.2) is 25.4 Å². The Hall–Kier alpha value is -4.39. The van der Waals surface area contributed by atoms with E-state index in [0.717, 1.165) is 28.2 Å². The van der Waals surface area contributed by atoms with Gasteiger partial charge in [0.15, 0.2) is 0 Å². The number of amides is 1. The number of para-hydroxylation sites is 2. The minimum absolute atomic E-state index is 0.169. The molecule has 34 heavy (non-hydrogen) atoms. The number of imidazole rings is 2. The second-order valence-electron chi connectivity index (χ2n) is 8.12. The zero-order valence-corrected chi connectivity index (χ0v) is 18.8. The van der Waals surface area contributed by atoms with Crippen molar-refractivity contribution in [2.75, 3.05) is 0 Å². The zero-order valence-electron chi connectivity index (χ0n) is 18.8. The van der Waals surface area contributed by atoms with Gasteiger partial charge in [-0.1, -0.05) is 42.5 Å². The first kappa shape index (κ1) is 21.5. The highest BCUT2D eigenvalue weighted by atomic mass is 16.5. The number of hydrogen-bond donors (Lipinski definition) is 2. The SMILES string of the molecule is Cn1ccnc1COc1ccc(C(=O)N[C@@H](Cc2ccccc2)c2nc3ccccc3[nH]2)cc1. The molecule has 0 aliphatic carbocycles. The van der Waals surface area contributed by atoms with Crippen LogP contribution in [0.5, 0.6) is 5.75 Å². The summed E-state index contributed by atoms with van der Waals surface area (Å²) < 4.78 is 7.71. The molecule has 170 valence electrons. The number of H-pyrrole nitrogens is 1. The summed E-state index contributed by atoms with van der Waals surface area (Å²) in [6.07, 6.45) is 4.23. The number of aryl methyl sites for hydroxylation is 1. The number of fused-ring (bicyclic) bond motifs is 1. The summed E-state index contributed by atoms with van der Waals surface area (Å²) in [4.78, 5) is 25.5. The van der Waals surface area contributed by atoms with Gasteiger partial charge in [-0.05, 0) is 48.4 Å². The van der Waals surface area contributed by atoms with E-state index in [2.05, 4.69) is 27.4 Å². The lowest BCUT2D eigenvalue weighted by molar-refractivity contribution is 0.0935. The molecule has 1 atom stereocenters. The van der Waals surface area contributed by atoms with Gasteiger partial charge < -0.3 is 19.6 Å². The molecule has 5 rings (SSSR count). The Balaban J connectivity index is 1.32. The molecular weight excluding hydrogens is 426 g/mol. The fourth-order valence-electron chi connectivity index (χ4n) is 3.83. The Bertz CT molecular complexity index is 1360. The van der Waals surface area contributed by atoms with Crippen LogP contribution in [-0.2, 0) is 20.1 Å². The van der Waals surface area contributed by atoms with Gasteiger partial charge in [0.05, 0.1) is 17.1 Å². The highest BCUT2D eigenvalue weighted by molar-refractivity contribution is 5.94. The molecule has 0 unspecified atom stereocenters. The lowest BCUT2D eigenvalue weighted by atomic mass is 10.0. The number of nitrogens with one attached hydrogen (secondary N) is 2. The molecule has 0 fully saturated rings. The smallest absolute Gasteiger partial charge is 0.251 e. The molecule has 0 radical (unpaired) electrons. The van der Waals surface area contributed by atoms with Crippen LogP contribution in [0.2, 0.25) is 0 Å². The van der Waals surface area contributed by atoms with Crippen LogP contribution >= 0.6 is 0 Å². The van der Waals surface area contributed by atoms with Crippen molar-refractivity contribution in [3.05, 3.63) is 114 Å². The second-order valence-corrected chi connectivity index (χ2v) is 8.12. The van der Waals surface area contributed by atoms with Gasteiger partial charge in [0.1, 0.15) is 24.0 Å². The van der Waals surface area contributed by atoms with E-state index in [1.54, 1.807) is 30.5 Å². The van der Waals surface area contributed by atoms with Gasteiger partial charge in [0.25, 0.3) is 5.91 Å². The zero-order chi connectivity index (χ0) is 23.3. The van der Waals surface area contributed by atoms with E-state index in [0.29, 0.717) is 24.3 Å². The Kier molecular flexibility index (Phi) is 6.07. The molecule has 1 amide bonds. The quantitative estimate of drug-likeness (QED) is 0.361. The molecule has 3 aromatic carbocycles. The molecule has 7 heteroatoms. The lowest BCUT2D eigenvalue weighted by Crippen LogP contribution is -2.30. The molecule has 2 aromatic heterocycles. The second kappa shape index (κ2) is 9.62. The van der Waals surface area contributed by atoms with Gasteiger partial charge in [0.2, 0.25) is 0 Å². The van der Waals surface area contributed by atoms with Crippen LogP contribution in [0.4, 0.5) is 0 Å². The number of ether oxygens (including phenoxy) is 1. The summed E-state index contributed by atoms with van der Waals surface area (Å²) >= 11 is 0. The highest BCUT2D eigenvalue weighted by Gasteiger charge is 2.20. The van der Waals surface area contributed by atoms with E-state index < -0.39 is 0 Å². The van der Waals surface area contributed by atoms with Crippen LogP contribution in [0, 0.1) is 0 Å². The number of aromatic nitrogens is 4. The van der Waals surface area contributed by atoms with Crippen molar-refractivity contribution in [1.82, 2.24) is 24.8 Å². The third-order valence-corrected chi connectivity index (χ3v) is 5.73. The first-order valence-electron chi connectivity index (χ1n) is 11.1. The number of aromatic amines is 1. The number of rotatable bonds is 8. The summed E-state index contributed by atoms with van der Waals surface area (Å²) in [7, 11) is 1.92. The van der Waals surface area contributed by atoms with Gasteiger partial charge in [-0.3, -0.25) is 4.79 Å². The van der Waals surface area contributed by atoms with E-state index in [1.807, 2.05) is 60.3 Å². The molecular formula is C27H25N5O2. The number of hydrogen-bond acceptors (Lipinski definition) is 4. The predicted octanol–water partition coefficient (Wildman–Crippen LogP) is 4.59. The van der Waals surface area contributed by atoms with Crippen LogP contribution < -0.4 is 10.1 Å². The molecule has 2 N–H and O–H groups in total. The molecule has 0 spiro atoms. The fourth-order valence-corrected chi connectivity index (χ4v) is 3.83. The monoisotopic (exact) mass is 451 g/mol. The molecule has 0 aliphatic heterocycles. The van der Waals surface area contributed by atoms with Crippen LogP contribution in [0.1, 0.15) is 33.6 Å². The Morgan fingerprint density at radius 1 is 1.03 bits per heavy atom. The summed E-state index contributed by atoms with van der Waals surface area (Å²) in [5.74, 6) is 2.07. The first-order valence-corrected chi connectivity index (χ1v) is 11.1. The maximum Gasteiger partial charge on any atom is 0.251 e. The molecule has 0 bridgehead atoms. The van der Waals surface area contributed by atoms with E-state index in [4.69, 9.17) is 9.72 Å². The standard InChI is InChI=1S/C27H25N5O2/c1-32-16-15-28-25(32)18-34-21-13-11-20(12-14-21)27(33)31-24(17-19-7-3-2-4-8-19)26-29-22-9-5-6-10-23(22)30-26/h2-16,24H,17-18H2,1H3,(H,29,30)(H,31,33)/t24-/m0/s1. The minimum Gasteiger partial charge on any atom is -0.486 e. The number of carbonyl (C=O) groups is 1. The van der Waals surface area contributed by atoms with Crippen molar-refractivity contribution in [3.8, 4) is 5.75 Å². The molecule has 0 aliphatic rings.